The highest BCUT2D eigenvalue weighted by molar-refractivity contribution is 5.86. The monoisotopic (exact) mass is 366 g/mol. The lowest BCUT2D eigenvalue weighted by atomic mass is 10.2. The van der Waals surface area contributed by atoms with Gasteiger partial charge in [-0.3, -0.25) is 4.98 Å². The first kappa shape index (κ1) is 19.2. The van der Waals surface area contributed by atoms with Gasteiger partial charge in [-0.1, -0.05) is 6.92 Å². The molecule has 0 saturated heterocycles. The molecule has 6 heteroatoms. The van der Waals surface area contributed by atoms with Crippen molar-refractivity contribution in [2.45, 2.75) is 40.3 Å². The zero-order chi connectivity index (χ0) is 17.3. The summed E-state index contributed by atoms with van der Waals surface area (Å²) < 4.78 is 34.5. The predicted molar refractivity (Wildman–Crippen MR) is 97.4 cm³/mol. The molecule has 0 atom stereocenters. The van der Waals surface area contributed by atoms with E-state index in [0.29, 0.717) is 0 Å². The van der Waals surface area contributed by atoms with Gasteiger partial charge >= 0.3 is 0 Å². The fraction of sp³-hybridized carbons (Fsp3) is 0.316. The molecule has 25 heavy (non-hydrogen) atoms. The van der Waals surface area contributed by atoms with Crippen LogP contribution < -0.4 is 4.74 Å². The summed E-state index contributed by atoms with van der Waals surface area (Å²) in [5, 5.41) is 1.13. The average molecular weight is 367 g/mol. The van der Waals surface area contributed by atoms with Crippen molar-refractivity contribution in [2.75, 3.05) is 0 Å². The predicted octanol–water partition coefficient (Wildman–Crippen LogP) is 5.34. The highest BCUT2D eigenvalue weighted by Crippen LogP contribution is 2.28. The van der Waals surface area contributed by atoms with Crippen LogP contribution in [0.15, 0.2) is 30.5 Å². The molecule has 3 nitrogen and oxygen atoms in total. The first-order valence-corrected chi connectivity index (χ1v) is 8.04. The molecule has 0 spiro atoms. The van der Waals surface area contributed by atoms with E-state index in [1.165, 1.54) is 23.4 Å². The number of rotatable bonds is 5. The van der Waals surface area contributed by atoms with E-state index in [4.69, 9.17) is 4.74 Å². The standard InChI is InChI=1S/C19H20F2N2O.ClH/c1-4-9-23-13(3)12(2)15-7-8-22-17(19(15)23)11-24-18-6-5-14(20)10-16(18)21;/h5-8,10H,4,9,11H2,1-3H3;1H. The fourth-order valence-electron chi connectivity index (χ4n) is 3.01. The highest BCUT2D eigenvalue weighted by atomic mass is 35.5. The first-order valence-electron chi connectivity index (χ1n) is 8.04. The molecule has 0 N–H and O–H groups in total. The van der Waals surface area contributed by atoms with Crippen LogP contribution in [0.5, 0.6) is 5.75 Å². The van der Waals surface area contributed by atoms with Crippen LogP contribution >= 0.6 is 12.4 Å². The summed E-state index contributed by atoms with van der Waals surface area (Å²) >= 11 is 0. The van der Waals surface area contributed by atoms with Crippen LogP contribution in [0.2, 0.25) is 0 Å². The Morgan fingerprint density at radius 2 is 1.92 bits per heavy atom. The third kappa shape index (κ3) is 3.61. The Labute approximate surface area is 152 Å². The molecule has 0 aliphatic heterocycles. The van der Waals surface area contributed by atoms with Crippen molar-refractivity contribution in [1.82, 2.24) is 9.55 Å². The van der Waals surface area contributed by atoms with Crippen molar-refractivity contribution >= 4 is 23.3 Å². The van der Waals surface area contributed by atoms with Gasteiger partial charge in [0.2, 0.25) is 0 Å². The van der Waals surface area contributed by atoms with Crippen molar-refractivity contribution < 1.29 is 13.5 Å². The second-order valence-electron chi connectivity index (χ2n) is 5.88. The van der Waals surface area contributed by atoms with Gasteiger partial charge < -0.3 is 9.30 Å². The molecule has 1 aromatic carbocycles. The number of nitrogens with zero attached hydrogens (tertiary/aromatic N) is 2. The summed E-state index contributed by atoms with van der Waals surface area (Å²) in [4.78, 5) is 4.42. The Bertz CT molecular complexity index is 893. The van der Waals surface area contributed by atoms with E-state index < -0.39 is 11.6 Å². The Hall–Kier alpha value is -2.14. The third-order valence-corrected chi connectivity index (χ3v) is 4.33. The maximum Gasteiger partial charge on any atom is 0.167 e. The molecule has 0 aliphatic carbocycles. The molecular weight excluding hydrogens is 346 g/mol. The molecule has 0 radical (unpaired) electrons. The lowest BCUT2D eigenvalue weighted by molar-refractivity contribution is 0.286. The number of halogens is 3. The van der Waals surface area contributed by atoms with Gasteiger partial charge in [-0.25, -0.2) is 8.78 Å². The van der Waals surface area contributed by atoms with Crippen molar-refractivity contribution in [1.29, 1.82) is 0 Å². The van der Waals surface area contributed by atoms with E-state index in [-0.39, 0.29) is 24.8 Å². The van der Waals surface area contributed by atoms with Crippen molar-refractivity contribution in [3.8, 4) is 5.75 Å². The zero-order valence-corrected chi connectivity index (χ0v) is 15.3. The minimum Gasteiger partial charge on any atom is -0.484 e. The van der Waals surface area contributed by atoms with Gasteiger partial charge in [0.25, 0.3) is 0 Å². The number of aryl methyl sites for hydroxylation is 2. The van der Waals surface area contributed by atoms with Crippen LogP contribution in [0, 0.1) is 25.5 Å². The van der Waals surface area contributed by atoms with Gasteiger partial charge in [0.05, 0.1) is 5.52 Å². The van der Waals surface area contributed by atoms with E-state index in [0.717, 1.165) is 35.6 Å². The summed E-state index contributed by atoms with van der Waals surface area (Å²) in [6.07, 6.45) is 2.75. The average Bonchev–Trinajstić information content (AvgIpc) is 2.80. The molecule has 0 unspecified atom stereocenters. The van der Waals surface area contributed by atoms with Crippen LogP contribution in [0.4, 0.5) is 8.78 Å². The van der Waals surface area contributed by atoms with Gasteiger partial charge in [-0.15, -0.1) is 12.4 Å². The zero-order valence-electron chi connectivity index (χ0n) is 14.5. The number of hydrogen-bond acceptors (Lipinski definition) is 2. The molecule has 0 aliphatic rings. The maximum atomic E-state index is 13.7. The molecule has 3 rings (SSSR count). The summed E-state index contributed by atoms with van der Waals surface area (Å²) in [5.41, 5.74) is 4.20. The van der Waals surface area contributed by atoms with Crippen LogP contribution in [0.3, 0.4) is 0 Å². The lowest BCUT2D eigenvalue weighted by Crippen LogP contribution is -2.05. The number of fused-ring (bicyclic) bond motifs is 1. The Morgan fingerprint density at radius 1 is 1.16 bits per heavy atom. The fourth-order valence-corrected chi connectivity index (χ4v) is 3.01. The highest BCUT2D eigenvalue weighted by Gasteiger charge is 2.15. The van der Waals surface area contributed by atoms with E-state index in [1.54, 1.807) is 6.20 Å². The molecule has 0 saturated carbocycles. The van der Waals surface area contributed by atoms with Gasteiger partial charge in [-0.2, -0.15) is 0 Å². The van der Waals surface area contributed by atoms with Gasteiger partial charge in [0, 0.05) is 29.9 Å². The first-order chi connectivity index (χ1) is 11.5. The summed E-state index contributed by atoms with van der Waals surface area (Å²) in [6.45, 7) is 7.33. The van der Waals surface area contributed by atoms with Crippen LogP contribution in [-0.4, -0.2) is 9.55 Å². The molecular formula is C19H21ClF2N2O. The Balaban J connectivity index is 0.00000225. The molecule has 0 amide bonds. The summed E-state index contributed by atoms with van der Waals surface area (Å²) in [6, 6.07) is 5.29. The molecule has 0 bridgehead atoms. The Morgan fingerprint density at radius 3 is 2.60 bits per heavy atom. The maximum absolute atomic E-state index is 13.7. The molecule has 0 fully saturated rings. The van der Waals surface area contributed by atoms with Crippen LogP contribution in [0.25, 0.3) is 10.9 Å². The molecule has 2 heterocycles. The largest absolute Gasteiger partial charge is 0.484 e. The van der Waals surface area contributed by atoms with Crippen molar-refractivity contribution in [2.24, 2.45) is 0 Å². The summed E-state index contributed by atoms with van der Waals surface area (Å²) in [5.74, 6) is -1.31. The smallest absolute Gasteiger partial charge is 0.167 e. The van der Waals surface area contributed by atoms with E-state index in [1.807, 2.05) is 6.07 Å². The van der Waals surface area contributed by atoms with E-state index >= 15 is 0 Å². The topological polar surface area (TPSA) is 27.1 Å². The lowest BCUT2D eigenvalue weighted by Gasteiger charge is -2.11. The minimum atomic E-state index is -0.710. The van der Waals surface area contributed by atoms with Crippen molar-refractivity contribution in [3.05, 3.63) is 59.0 Å². The van der Waals surface area contributed by atoms with E-state index in [9.17, 15) is 8.78 Å². The minimum absolute atomic E-state index is 0. The number of aromatic nitrogens is 2. The Kier molecular flexibility index (Phi) is 6.01. The SMILES string of the molecule is CCCn1c(C)c(C)c2ccnc(COc3ccc(F)cc3F)c21.Cl. The van der Waals surface area contributed by atoms with Crippen LogP contribution in [0.1, 0.15) is 30.3 Å². The van der Waals surface area contributed by atoms with Gasteiger partial charge in [0.1, 0.15) is 18.1 Å². The quantitative estimate of drug-likeness (QED) is 0.609. The number of ether oxygens (including phenoxy) is 1. The van der Waals surface area contributed by atoms with Crippen molar-refractivity contribution in [3.63, 3.8) is 0 Å². The van der Waals surface area contributed by atoms with Gasteiger partial charge in [-0.05, 0) is 44.0 Å². The van der Waals surface area contributed by atoms with E-state index in [2.05, 4.69) is 30.3 Å². The molecule has 134 valence electrons. The second-order valence-corrected chi connectivity index (χ2v) is 5.88. The second kappa shape index (κ2) is 7.83. The molecule has 3 aromatic rings. The number of pyridine rings is 1. The van der Waals surface area contributed by atoms with Gasteiger partial charge in [0.15, 0.2) is 11.6 Å². The number of benzene rings is 1. The normalized spacial score (nSPS) is 10.8. The van der Waals surface area contributed by atoms with Crippen LogP contribution in [-0.2, 0) is 13.2 Å². The summed E-state index contributed by atoms with van der Waals surface area (Å²) in [7, 11) is 0. The number of hydrogen-bond donors (Lipinski definition) is 0. The third-order valence-electron chi connectivity index (χ3n) is 4.33. The molecule has 2 aromatic heterocycles.